The monoisotopic (exact) mass is 292 g/mol. The van der Waals surface area contributed by atoms with Gasteiger partial charge >= 0.3 is 5.97 Å². The van der Waals surface area contributed by atoms with Crippen LogP contribution in [0.2, 0.25) is 0 Å². The molecule has 0 bridgehead atoms. The molecule has 1 amide bonds. The maximum absolute atomic E-state index is 12.1. The minimum atomic E-state index is -1.06. The van der Waals surface area contributed by atoms with Crippen LogP contribution in [0.15, 0.2) is 18.3 Å². The first-order valence-corrected chi connectivity index (χ1v) is 6.98. The lowest BCUT2D eigenvalue weighted by atomic mass is 9.64. The maximum atomic E-state index is 12.1. The molecule has 0 aromatic carbocycles. The zero-order valence-electron chi connectivity index (χ0n) is 12.4. The van der Waals surface area contributed by atoms with Crippen molar-refractivity contribution in [3.63, 3.8) is 0 Å². The van der Waals surface area contributed by atoms with E-state index in [2.05, 4.69) is 24.1 Å². The molecule has 1 aliphatic carbocycles. The lowest BCUT2D eigenvalue weighted by Gasteiger charge is -2.51. The third-order valence-electron chi connectivity index (χ3n) is 4.09. The number of nitrogens with one attached hydrogen (secondary N) is 1. The fourth-order valence-electron chi connectivity index (χ4n) is 2.50. The number of hydrogen-bond donors (Lipinski definition) is 2. The van der Waals surface area contributed by atoms with Gasteiger partial charge in [0, 0.05) is 24.3 Å². The second-order valence-electron chi connectivity index (χ2n) is 5.76. The molecule has 2 atom stereocenters. The Hall–Kier alpha value is -1.95. The number of carboxylic acid groups (broad SMARTS) is 1. The predicted octanol–water partition coefficient (Wildman–Crippen LogP) is 1.71. The van der Waals surface area contributed by atoms with E-state index in [9.17, 15) is 9.59 Å². The van der Waals surface area contributed by atoms with Crippen molar-refractivity contribution >= 4 is 11.9 Å². The molecular weight excluding hydrogens is 272 g/mol. The lowest BCUT2D eigenvalue weighted by Crippen LogP contribution is -2.62. The van der Waals surface area contributed by atoms with Crippen LogP contribution in [0, 0.1) is 5.41 Å². The molecule has 2 rings (SSSR count). The standard InChI is InChI=1S/C15H20N2O4/c1-4-21-12-7-11(15(12,2)3)17-13(18)10-6-5-9(8-16-10)14(19)20/h5-6,8,11-12H,4,7H2,1-3H3,(H,17,18)(H,19,20). The normalized spacial score (nSPS) is 23.2. The molecule has 6 nitrogen and oxygen atoms in total. The lowest BCUT2D eigenvalue weighted by molar-refractivity contribution is -0.111. The molecule has 21 heavy (non-hydrogen) atoms. The molecule has 2 unspecified atom stereocenters. The SMILES string of the molecule is CCOC1CC(NC(=O)c2ccc(C(=O)O)cn2)C1(C)C. The van der Waals surface area contributed by atoms with E-state index in [4.69, 9.17) is 9.84 Å². The molecule has 1 fully saturated rings. The smallest absolute Gasteiger partial charge is 0.337 e. The summed E-state index contributed by atoms with van der Waals surface area (Å²) in [6.07, 6.45) is 2.11. The van der Waals surface area contributed by atoms with Gasteiger partial charge in [-0.05, 0) is 25.5 Å². The maximum Gasteiger partial charge on any atom is 0.337 e. The van der Waals surface area contributed by atoms with Crippen LogP contribution in [0.1, 0.15) is 48.0 Å². The molecule has 0 radical (unpaired) electrons. The first kappa shape index (κ1) is 15.4. The van der Waals surface area contributed by atoms with Gasteiger partial charge in [-0.2, -0.15) is 0 Å². The van der Waals surface area contributed by atoms with Gasteiger partial charge in [0.05, 0.1) is 11.7 Å². The molecule has 2 N–H and O–H groups in total. The number of ether oxygens (including phenoxy) is 1. The van der Waals surface area contributed by atoms with Crippen molar-refractivity contribution in [3.8, 4) is 0 Å². The van der Waals surface area contributed by atoms with Crippen LogP contribution in [0.5, 0.6) is 0 Å². The van der Waals surface area contributed by atoms with Crippen LogP contribution in [0.3, 0.4) is 0 Å². The second-order valence-corrected chi connectivity index (χ2v) is 5.76. The minimum absolute atomic E-state index is 0.0301. The Labute approximate surface area is 123 Å². The van der Waals surface area contributed by atoms with Gasteiger partial charge in [0.25, 0.3) is 5.91 Å². The van der Waals surface area contributed by atoms with Gasteiger partial charge in [-0.15, -0.1) is 0 Å². The van der Waals surface area contributed by atoms with E-state index in [1.54, 1.807) is 0 Å². The first-order valence-electron chi connectivity index (χ1n) is 6.98. The molecule has 0 spiro atoms. The molecule has 0 aliphatic heterocycles. The van der Waals surface area contributed by atoms with Crippen molar-refractivity contribution in [2.75, 3.05) is 6.61 Å². The Bertz CT molecular complexity index is 539. The van der Waals surface area contributed by atoms with E-state index in [0.717, 1.165) is 6.42 Å². The molecule has 1 heterocycles. The third-order valence-corrected chi connectivity index (χ3v) is 4.09. The third kappa shape index (κ3) is 3.05. The van der Waals surface area contributed by atoms with Gasteiger partial charge < -0.3 is 15.2 Å². The molecule has 6 heteroatoms. The van der Waals surface area contributed by atoms with Crippen LogP contribution >= 0.6 is 0 Å². The minimum Gasteiger partial charge on any atom is -0.478 e. The Morgan fingerprint density at radius 3 is 2.67 bits per heavy atom. The summed E-state index contributed by atoms with van der Waals surface area (Å²) in [6.45, 7) is 6.73. The number of pyridine rings is 1. The molecule has 114 valence electrons. The number of hydrogen-bond acceptors (Lipinski definition) is 4. The van der Waals surface area contributed by atoms with Crippen molar-refractivity contribution in [2.24, 2.45) is 5.41 Å². The summed E-state index contributed by atoms with van der Waals surface area (Å²) in [7, 11) is 0. The van der Waals surface area contributed by atoms with Crippen molar-refractivity contribution in [3.05, 3.63) is 29.6 Å². The van der Waals surface area contributed by atoms with Gasteiger partial charge in [0.15, 0.2) is 0 Å². The summed E-state index contributed by atoms with van der Waals surface area (Å²) in [5.41, 5.74) is 0.162. The van der Waals surface area contributed by atoms with Crippen LogP contribution in [0.25, 0.3) is 0 Å². The number of aromatic nitrogens is 1. The second kappa shape index (κ2) is 5.81. The van der Waals surface area contributed by atoms with Crippen molar-refractivity contribution in [1.82, 2.24) is 10.3 Å². The van der Waals surface area contributed by atoms with Gasteiger partial charge in [-0.1, -0.05) is 13.8 Å². The molecular formula is C15H20N2O4. The van der Waals surface area contributed by atoms with E-state index in [1.807, 2.05) is 6.92 Å². The summed E-state index contributed by atoms with van der Waals surface area (Å²) in [5.74, 6) is -1.35. The number of rotatable bonds is 5. The fourth-order valence-corrected chi connectivity index (χ4v) is 2.50. The number of carbonyl (C=O) groups is 2. The van der Waals surface area contributed by atoms with E-state index in [1.165, 1.54) is 18.3 Å². The Morgan fingerprint density at radius 2 is 2.19 bits per heavy atom. The number of carboxylic acids is 1. The van der Waals surface area contributed by atoms with Crippen molar-refractivity contribution < 1.29 is 19.4 Å². The Balaban J connectivity index is 1.98. The number of amides is 1. The van der Waals surface area contributed by atoms with Gasteiger partial charge in [-0.25, -0.2) is 4.79 Å². The van der Waals surface area contributed by atoms with E-state index < -0.39 is 5.97 Å². The quantitative estimate of drug-likeness (QED) is 0.862. The largest absolute Gasteiger partial charge is 0.478 e. The zero-order valence-corrected chi connectivity index (χ0v) is 12.4. The van der Waals surface area contributed by atoms with Crippen molar-refractivity contribution in [1.29, 1.82) is 0 Å². The van der Waals surface area contributed by atoms with Crippen LogP contribution in [-0.4, -0.2) is 40.7 Å². The summed E-state index contributed by atoms with van der Waals surface area (Å²) in [6, 6.07) is 2.83. The van der Waals surface area contributed by atoms with Crippen LogP contribution < -0.4 is 5.32 Å². The number of aromatic carboxylic acids is 1. The fraction of sp³-hybridized carbons (Fsp3) is 0.533. The van der Waals surface area contributed by atoms with Gasteiger partial charge in [0.1, 0.15) is 5.69 Å². The summed E-state index contributed by atoms with van der Waals surface area (Å²) in [5, 5.41) is 11.7. The Morgan fingerprint density at radius 1 is 1.48 bits per heavy atom. The predicted molar refractivity (Wildman–Crippen MR) is 76.3 cm³/mol. The molecule has 1 aliphatic rings. The van der Waals surface area contributed by atoms with Gasteiger partial charge in [0.2, 0.25) is 0 Å². The Kier molecular flexibility index (Phi) is 4.27. The average molecular weight is 292 g/mol. The van der Waals surface area contributed by atoms with Crippen molar-refractivity contribution in [2.45, 2.75) is 39.3 Å². The summed E-state index contributed by atoms with van der Waals surface area (Å²) >= 11 is 0. The first-order chi connectivity index (χ1) is 9.86. The summed E-state index contributed by atoms with van der Waals surface area (Å²) < 4.78 is 5.62. The van der Waals surface area contributed by atoms with Crippen LogP contribution in [0.4, 0.5) is 0 Å². The van der Waals surface area contributed by atoms with E-state index in [-0.39, 0.29) is 34.7 Å². The van der Waals surface area contributed by atoms with E-state index in [0.29, 0.717) is 6.61 Å². The van der Waals surface area contributed by atoms with Crippen LogP contribution in [-0.2, 0) is 4.74 Å². The highest BCUT2D eigenvalue weighted by Gasteiger charge is 2.49. The summed E-state index contributed by atoms with van der Waals surface area (Å²) in [4.78, 5) is 26.8. The highest BCUT2D eigenvalue weighted by atomic mass is 16.5. The topological polar surface area (TPSA) is 88.5 Å². The van der Waals surface area contributed by atoms with E-state index >= 15 is 0 Å². The highest BCUT2D eigenvalue weighted by molar-refractivity contribution is 5.94. The number of nitrogens with zero attached hydrogens (tertiary/aromatic N) is 1. The zero-order chi connectivity index (χ0) is 15.6. The highest BCUT2D eigenvalue weighted by Crippen LogP contribution is 2.42. The average Bonchev–Trinajstić information content (AvgIpc) is 2.46. The number of carbonyl (C=O) groups excluding carboxylic acids is 1. The molecule has 1 saturated carbocycles. The molecule has 1 aromatic rings. The molecule has 1 aromatic heterocycles. The van der Waals surface area contributed by atoms with Gasteiger partial charge in [-0.3, -0.25) is 9.78 Å². The molecule has 0 saturated heterocycles.